The van der Waals surface area contributed by atoms with Gasteiger partial charge in [-0.05, 0) is 34.5 Å². The lowest BCUT2D eigenvalue weighted by molar-refractivity contribution is 0.407. The average Bonchev–Trinajstić information content (AvgIpc) is 2.01. The Balaban J connectivity index is 3.40. The van der Waals surface area contributed by atoms with Crippen molar-refractivity contribution in [3.05, 3.63) is 26.9 Å². The van der Waals surface area contributed by atoms with E-state index in [0.29, 0.717) is 16.3 Å². The molecule has 1 aromatic carbocycles. The van der Waals surface area contributed by atoms with Gasteiger partial charge in [-0.3, -0.25) is 0 Å². The number of hydrogen-bond donors (Lipinski definition) is 0. The summed E-state index contributed by atoms with van der Waals surface area (Å²) in [5, 5.41) is 0.406. The van der Waals surface area contributed by atoms with Crippen LogP contribution in [-0.2, 0) is 0 Å². The normalized spacial score (nSPS) is 10.1. The summed E-state index contributed by atoms with van der Waals surface area (Å²) >= 11 is 8.84. The standard InChI is InChI=1S/C8H7BrClFO/c1-4-3-5(10)8(12-2)6(9)7(4)11/h3H,1-2H3. The minimum atomic E-state index is -0.337. The minimum absolute atomic E-state index is 0.273. The molecule has 0 atom stereocenters. The summed E-state index contributed by atoms with van der Waals surface area (Å²) in [6.45, 7) is 1.64. The first kappa shape index (κ1) is 9.81. The van der Waals surface area contributed by atoms with Crippen LogP contribution in [-0.4, -0.2) is 7.11 Å². The number of halogens is 3. The van der Waals surface area contributed by atoms with Crippen LogP contribution in [0.3, 0.4) is 0 Å². The second kappa shape index (κ2) is 3.62. The fourth-order valence-electron chi connectivity index (χ4n) is 0.884. The highest BCUT2D eigenvalue weighted by Crippen LogP contribution is 2.36. The van der Waals surface area contributed by atoms with Gasteiger partial charge in [0.15, 0.2) is 5.75 Å². The molecule has 4 heteroatoms. The van der Waals surface area contributed by atoms with Crippen molar-refractivity contribution in [3.8, 4) is 5.75 Å². The Morgan fingerprint density at radius 3 is 2.67 bits per heavy atom. The highest BCUT2D eigenvalue weighted by Gasteiger charge is 2.13. The van der Waals surface area contributed by atoms with Gasteiger partial charge >= 0.3 is 0 Å². The molecule has 0 fully saturated rings. The van der Waals surface area contributed by atoms with Crippen molar-refractivity contribution in [1.29, 1.82) is 0 Å². The third-order valence-corrected chi connectivity index (χ3v) is 2.49. The van der Waals surface area contributed by atoms with Gasteiger partial charge in [0.05, 0.1) is 16.6 Å². The number of ether oxygens (including phenoxy) is 1. The number of aryl methyl sites for hydroxylation is 1. The molecule has 0 saturated heterocycles. The molecule has 66 valence electrons. The monoisotopic (exact) mass is 252 g/mol. The van der Waals surface area contributed by atoms with Crippen LogP contribution in [0, 0.1) is 12.7 Å². The van der Waals surface area contributed by atoms with E-state index < -0.39 is 0 Å². The summed E-state index contributed by atoms with van der Waals surface area (Å²) in [5.41, 5.74) is 0.493. The highest BCUT2D eigenvalue weighted by atomic mass is 79.9. The van der Waals surface area contributed by atoms with E-state index in [4.69, 9.17) is 16.3 Å². The van der Waals surface area contributed by atoms with Gasteiger partial charge in [0.25, 0.3) is 0 Å². The molecule has 0 aliphatic carbocycles. The summed E-state index contributed by atoms with van der Waals surface area (Å²) in [4.78, 5) is 0. The Hall–Kier alpha value is -0.280. The van der Waals surface area contributed by atoms with Gasteiger partial charge < -0.3 is 4.74 Å². The molecule has 0 aliphatic heterocycles. The maximum Gasteiger partial charge on any atom is 0.154 e. The van der Waals surface area contributed by atoms with Crippen LogP contribution < -0.4 is 4.74 Å². The molecule has 0 radical (unpaired) electrons. The van der Waals surface area contributed by atoms with E-state index in [9.17, 15) is 4.39 Å². The predicted molar refractivity (Wildman–Crippen MR) is 50.4 cm³/mol. The Morgan fingerprint density at radius 1 is 1.58 bits per heavy atom. The van der Waals surface area contributed by atoms with Crippen LogP contribution in [0.4, 0.5) is 4.39 Å². The van der Waals surface area contributed by atoms with Gasteiger partial charge in [-0.15, -0.1) is 0 Å². The minimum Gasteiger partial charge on any atom is -0.494 e. The van der Waals surface area contributed by atoms with Crippen LogP contribution in [0.15, 0.2) is 10.5 Å². The molecular weight excluding hydrogens is 246 g/mol. The van der Waals surface area contributed by atoms with Crippen LogP contribution in [0.2, 0.25) is 5.02 Å². The Morgan fingerprint density at radius 2 is 2.17 bits per heavy atom. The first-order chi connectivity index (χ1) is 5.57. The van der Waals surface area contributed by atoms with Crippen LogP contribution in [0.5, 0.6) is 5.75 Å². The van der Waals surface area contributed by atoms with Crippen molar-refractivity contribution in [3.63, 3.8) is 0 Å². The lowest BCUT2D eigenvalue weighted by Gasteiger charge is -2.07. The average molecular weight is 253 g/mol. The molecule has 0 N–H and O–H groups in total. The van der Waals surface area contributed by atoms with E-state index in [-0.39, 0.29) is 10.3 Å². The van der Waals surface area contributed by atoms with E-state index in [1.807, 2.05) is 0 Å². The van der Waals surface area contributed by atoms with Crippen molar-refractivity contribution < 1.29 is 9.13 Å². The van der Waals surface area contributed by atoms with Gasteiger partial charge in [0, 0.05) is 0 Å². The number of hydrogen-bond acceptors (Lipinski definition) is 1. The summed E-state index contributed by atoms with van der Waals surface area (Å²) in [7, 11) is 1.45. The van der Waals surface area contributed by atoms with Gasteiger partial charge in [-0.2, -0.15) is 0 Å². The quantitative estimate of drug-likeness (QED) is 0.695. The summed E-state index contributed by atoms with van der Waals surface area (Å²) in [6.07, 6.45) is 0. The topological polar surface area (TPSA) is 9.23 Å². The lowest BCUT2D eigenvalue weighted by atomic mass is 10.2. The third kappa shape index (κ3) is 1.57. The zero-order valence-electron chi connectivity index (χ0n) is 6.62. The highest BCUT2D eigenvalue weighted by molar-refractivity contribution is 9.10. The van der Waals surface area contributed by atoms with Crippen LogP contribution in [0.1, 0.15) is 5.56 Å². The molecule has 0 aliphatic rings. The van der Waals surface area contributed by atoms with Gasteiger partial charge in [0.2, 0.25) is 0 Å². The fourth-order valence-corrected chi connectivity index (χ4v) is 2.02. The van der Waals surface area contributed by atoms with Gasteiger partial charge in [-0.25, -0.2) is 4.39 Å². The van der Waals surface area contributed by atoms with E-state index in [0.717, 1.165) is 0 Å². The maximum atomic E-state index is 13.2. The molecule has 1 nitrogen and oxygen atoms in total. The molecule has 0 spiro atoms. The third-order valence-electron chi connectivity index (χ3n) is 1.50. The molecule has 0 amide bonds. The van der Waals surface area contributed by atoms with Crippen molar-refractivity contribution in [2.75, 3.05) is 7.11 Å². The Labute approximate surface area is 83.6 Å². The van der Waals surface area contributed by atoms with E-state index in [2.05, 4.69) is 15.9 Å². The van der Waals surface area contributed by atoms with E-state index in [1.54, 1.807) is 6.92 Å². The molecule has 0 unspecified atom stereocenters. The van der Waals surface area contributed by atoms with Crippen LogP contribution >= 0.6 is 27.5 Å². The van der Waals surface area contributed by atoms with Crippen molar-refractivity contribution >= 4 is 27.5 Å². The van der Waals surface area contributed by atoms with E-state index >= 15 is 0 Å². The molecule has 0 aromatic heterocycles. The van der Waals surface area contributed by atoms with Crippen molar-refractivity contribution in [2.45, 2.75) is 6.92 Å². The molecule has 1 rings (SSSR count). The Kier molecular flexibility index (Phi) is 2.96. The zero-order valence-corrected chi connectivity index (χ0v) is 8.96. The second-order valence-corrected chi connectivity index (χ2v) is 3.54. The number of methoxy groups -OCH3 is 1. The van der Waals surface area contributed by atoms with E-state index in [1.165, 1.54) is 13.2 Å². The molecule has 0 bridgehead atoms. The van der Waals surface area contributed by atoms with Gasteiger partial charge in [-0.1, -0.05) is 11.6 Å². The largest absolute Gasteiger partial charge is 0.494 e. The van der Waals surface area contributed by atoms with Gasteiger partial charge in [0.1, 0.15) is 5.82 Å². The first-order valence-electron chi connectivity index (χ1n) is 3.26. The summed E-state index contributed by atoms with van der Waals surface area (Å²) < 4.78 is 18.3. The zero-order chi connectivity index (χ0) is 9.30. The molecule has 1 aromatic rings. The van der Waals surface area contributed by atoms with Crippen LogP contribution in [0.25, 0.3) is 0 Å². The molecule has 0 heterocycles. The lowest BCUT2D eigenvalue weighted by Crippen LogP contribution is -1.91. The van der Waals surface area contributed by atoms with Crippen molar-refractivity contribution in [2.24, 2.45) is 0 Å². The SMILES string of the molecule is COc1c(Cl)cc(C)c(F)c1Br. The first-order valence-corrected chi connectivity index (χ1v) is 4.43. The summed E-state index contributed by atoms with van der Waals surface area (Å²) in [5.74, 6) is -0.00369. The Bertz CT molecular complexity index is 314. The number of benzene rings is 1. The predicted octanol–water partition coefficient (Wildman–Crippen LogP) is 3.56. The fraction of sp³-hybridized carbons (Fsp3) is 0.250. The molecular formula is C8H7BrClFO. The van der Waals surface area contributed by atoms with Crippen molar-refractivity contribution in [1.82, 2.24) is 0 Å². The summed E-state index contributed by atoms with van der Waals surface area (Å²) in [6, 6.07) is 1.53. The molecule has 0 saturated carbocycles. The maximum absolute atomic E-state index is 13.2. The number of rotatable bonds is 1. The molecule has 12 heavy (non-hydrogen) atoms. The smallest absolute Gasteiger partial charge is 0.154 e. The second-order valence-electron chi connectivity index (χ2n) is 2.34.